The molecule has 1 amide bonds. The van der Waals surface area contributed by atoms with E-state index in [1.54, 1.807) is 29.9 Å². The number of amides is 1. The summed E-state index contributed by atoms with van der Waals surface area (Å²) in [5.74, 6) is 1.57. The lowest BCUT2D eigenvalue weighted by atomic mass is 10.2. The zero-order valence-electron chi connectivity index (χ0n) is 15.3. The zero-order valence-corrected chi connectivity index (χ0v) is 15.3. The molecule has 1 aliphatic heterocycles. The number of benzene rings is 1. The number of nitrogens with zero attached hydrogens (tertiary/aromatic N) is 5. The minimum Gasteiger partial charge on any atom is -0.497 e. The van der Waals surface area contributed by atoms with Gasteiger partial charge in [-0.3, -0.25) is 14.5 Å². The Morgan fingerprint density at radius 1 is 1.38 bits per heavy atom. The highest BCUT2D eigenvalue weighted by molar-refractivity contribution is 5.98. The number of aliphatic imine (C=N–C) groups is 1. The van der Waals surface area contributed by atoms with Crippen LogP contribution in [-0.2, 0) is 18.4 Å². The molecule has 1 fully saturated rings. The first-order valence-electron chi connectivity index (χ1n) is 8.48. The first-order chi connectivity index (χ1) is 12.6. The topological polar surface area (TPSA) is 75.0 Å². The SMILES string of the molecule is CN=C(NCc1cccc(OC)c1)N1CCN(c2cnn(C)c2)C(=O)C1. The molecule has 1 aliphatic rings. The highest BCUT2D eigenvalue weighted by Crippen LogP contribution is 2.16. The van der Waals surface area contributed by atoms with Gasteiger partial charge in [-0.1, -0.05) is 12.1 Å². The molecule has 1 saturated heterocycles. The minimum absolute atomic E-state index is 0.0357. The Hall–Kier alpha value is -3.03. The van der Waals surface area contributed by atoms with Gasteiger partial charge >= 0.3 is 0 Å². The monoisotopic (exact) mass is 356 g/mol. The Morgan fingerprint density at radius 2 is 2.23 bits per heavy atom. The second kappa shape index (κ2) is 7.90. The summed E-state index contributed by atoms with van der Waals surface area (Å²) in [7, 11) is 5.22. The average molecular weight is 356 g/mol. The molecule has 8 heteroatoms. The summed E-state index contributed by atoms with van der Waals surface area (Å²) in [5, 5.41) is 7.46. The van der Waals surface area contributed by atoms with E-state index < -0.39 is 0 Å². The van der Waals surface area contributed by atoms with E-state index in [0.29, 0.717) is 25.6 Å². The molecule has 0 unspecified atom stereocenters. The Bertz CT molecular complexity index is 800. The quantitative estimate of drug-likeness (QED) is 0.649. The van der Waals surface area contributed by atoms with E-state index in [0.717, 1.165) is 17.0 Å². The molecular weight excluding hydrogens is 332 g/mol. The summed E-state index contributed by atoms with van der Waals surface area (Å²) in [6, 6.07) is 7.86. The van der Waals surface area contributed by atoms with Gasteiger partial charge in [-0.25, -0.2) is 0 Å². The van der Waals surface area contributed by atoms with Crippen LogP contribution in [0.1, 0.15) is 5.56 Å². The van der Waals surface area contributed by atoms with Crippen molar-refractivity contribution in [2.24, 2.45) is 12.0 Å². The van der Waals surface area contributed by atoms with Crippen molar-refractivity contribution >= 4 is 17.6 Å². The fourth-order valence-corrected chi connectivity index (χ4v) is 2.97. The zero-order chi connectivity index (χ0) is 18.5. The van der Waals surface area contributed by atoms with Crippen molar-refractivity contribution in [1.82, 2.24) is 20.0 Å². The van der Waals surface area contributed by atoms with Crippen molar-refractivity contribution in [3.63, 3.8) is 0 Å². The fourth-order valence-electron chi connectivity index (χ4n) is 2.97. The van der Waals surface area contributed by atoms with Crippen molar-refractivity contribution in [1.29, 1.82) is 0 Å². The molecule has 1 N–H and O–H groups in total. The lowest BCUT2D eigenvalue weighted by Gasteiger charge is -2.35. The third kappa shape index (κ3) is 3.96. The highest BCUT2D eigenvalue weighted by atomic mass is 16.5. The van der Waals surface area contributed by atoms with Crippen molar-refractivity contribution in [2.75, 3.05) is 38.7 Å². The van der Waals surface area contributed by atoms with Crippen LogP contribution in [0.4, 0.5) is 5.69 Å². The van der Waals surface area contributed by atoms with E-state index in [2.05, 4.69) is 15.4 Å². The van der Waals surface area contributed by atoms with Crippen molar-refractivity contribution in [2.45, 2.75) is 6.54 Å². The van der Waals surface area contributed by atoms with Crippen molar-refractivity contribution in [3.8, 4) is 5.75 Å². The lowest BCUT2D eigenvalue weighted by molar-refractivity contribution is -0.120. The number of anilines is 1. The average Bonchev–Trinajstić information content (AvgIpc) is 3.08. The number of rotatable bonds is 4. The van der Waals surface area contributed by atoms with Crippen LogP contribution in [0.25, 0.3) is 0 Å². The number of carbonyl (C=O) groups is 1. The van der Waals surface area contributed by atoms with Gasteiger partial charge in [0.15, 0.2) is 5.96 Å². The van der Waals surface area contributed by atoms with E-state index in [1.807, 2.05) is 42.4 Å². The number of aryl methyl sites for hydroxylation is 1. The number of carbonyl (C=O) groups excluding carboxylic acids is 1. The van der Waals surface area contributed by atoms with E-state index in [-0.39, 0.29) is 12.5 Å². The van der Waals surface area contributed by atoms with Gasteiger partial charge in [-0.05, 0) is 17.7 Å². The summed E-state index contributed by atoms with van der Waals surface area (Å²) in [6.07, 6.45) is 3.56. The summed E-state index contributed by atoms with van der Waals surface area (Å²) in [4.78, 5) is 20.6. The lowest BCUT2D eigenvalue weighted by Crippen LogP contribution is -2.55. The molecule has 8 nitrogen and oxygen atoms in total. The van der Waals surface area contributed by atoms with Crippen LogP contribution in [0.15, 0.2) is 41.7 Å². The molecule has 138 valence electrons. The van der Waals surface area contributed by atoms with E-state index in [4.69, 9.17) is 4.74 Å². The Labute approximate surface area is 153 Å². The molecule has 0 bridgehead atoms. The smallest absolute Gasteiger partial charge is 0.246 e. The number of piperazine rings is 1. The van der Waals surface area contributed by atoms with Crippen LogP contribution in [0.3, 0.4) is 0 Å². The number of hydrogen-bond acceptors (Lipinski definition) is 4. The molecule has 0 saturated carbocycles. The summed E-state index contributed by atoms with van der Waals surface area (Å²) >= 11 is 0. The number of methoxy groups -OCH3 is 1. The molecular formula is C18H24N6O2. The van der Waals surface area contributed by atoms with Gasteiger partial charge in [0.25, 0.3) is 0 Å². The second-order valence-electron chi connectivity index (χ2n) is 6.09. The number of nitrogens with one attached hydrogen (secondary N) is 1. The first-order valence-corrected chi connectivity index (χ1v) is 8.48. The van der Waals surface area contributed by atoms with Gasteiger partial charge in [0, 0.05) is 39.9 Å². The van der Waals surface area contributed by atoms with Gasteiger partial charge in [-0.15, -0.1) is 0 Å². The molecule has 0 aliphatic carbocycles. The maximum absolute atomic E-state index is 12.5. The van der Waals surface area contributed by atoms with Gasteiger partial charge in [-0.2, -0.15) is 5.10 Å². The number of aromatic nitrogens is 2. The Balaban J connectivity index is 1.60. The predicted molar refractivity (Wildman–Crippen MR) is 100 cm³/mol. The molecule has 0 spiro atoms. The van der Waals surface area contributed by atoms with Gasteiger partial charge < -0.3 is 19.9 Å². The third-order valence-electron chi connectivity index (χ3n) is 4.32. The summed E-state index contributed by atoms with van der Waals surface area (Å²) < 4.78 is 6.95. The maximum atomic E-state index is 12.5. The van der Waals surface area contributed by atoms with Crippen molar-refractivity contribution in [3.05, 3.63) is 42.2 Å². The molecule has 2 aromatic rings. The van der Waals surface area contributed by atoms with Crippen molar-refractivity contribution < 1.29 is 9.53 Å². The molecule has 0 radical (unpaired) electrons. The van der Waals surface area contributed by atoms with Crippen LogP contribution in [0.5, 0.6) is 5.75 Å². The van der Waals surface area contributed by atoms with Crippen LogP contribution < -0.4 is 15.0 Å². The fraction of sp³-hybridized carbons (Fsp3) is 0.389. The first kappa shape index (κ1) is 17.8. The van der Waals surface area contributed by atoms with Crippen LogP contribution in [0, 0.1) is 0 Å². The van der Waals surface area contributed by atoms with E-state index in [1.165, 1.54) is 0 Å². The third-order valence-corrected chi connectivity index (χ3v) is 4.32. The molecule has 1 aromatic heterocycles. The Kier molecular flexibility index (Phi) is 5.40. The summed E-state index contributed by atoms with van der Waals surface area (Å²) in [5.41, 5.74) is 1.92. The van der Waals surface area contributed by atoms with Crippen LogP contribution in [0.2, 0.25) is 0 Å². The highest BCUT2D eigenvalue weighted by Gasteiger charge is 2.27. The largest absolute Gasteiger partial charge is 0.497 e. The second-order valence-corrected chi connectivity index (χ2v) is 6.09. The Morgan fingerprint density at radius 3 is 2.88 bits per heavy atom. The summed E-state index contributed by atoms with van der Waals surface area (Å²) in [6.45, 7) is 2.20. The van der Waals surface area contributed by atoms with Gasteiger partial charge in [0.2, 0.25) is 5.91 Å². The predicted octanol–water partition coefficient (Wildman–Crippen LogP) is 0.853. The molecule has 2 heterocycles. The number of guanidine groups is 1. The van der Waals surface area contributed by atoms with E-state index in [9.17, 15) is 4.79 Å². The molecule has 0 atom stereocenters. The standard InChI is InChI=1S/C18H24N6O2/c1-19-18(20-10-14-5-4-6-16(9-14)26-3)23-7-8-24(17(25)13-23)15-11-21-22(2)12-15/h4-6,9,11-12H,7-8,10,13H2,1-3H3,(H,19,20). The van der Waals surface area contributed by atoms with Crippen LogP contribution in [-0.4, -0.2) is 60.3 Å². The molecule has 1 aromatic carbocycles. The van der Waals surface area contributed by atoms with Gasteiger partial charge in [0.1, 0.15) is 12.3 Å². The normalized spacial score (nSPS) is 15.3. The minimum atomic E-state index is 0.0357. The number of hydrogen-bond donors (Lipinski definition) is 1. The van der Waals surface area contributed by atoms with Crippen LogP contribution >= 0.6 is 0 Å². The number of ether oxygens (including phenoxy) is 1. The molecule has 26 heavy (non-hydrogen) atoms. The molecule has 3 rings (SSSR count). The van der Waals surface area contributed by atoms with Gasteiger partial charge in [0.05, 0.1) is 19.0 Å². The maximum Gasteiger partial charge on any atom is 0.246 e. The van der Waals surface area contributed by atoms with E-state index >= 15 is 0 Å².